The van der Waals surface area contributed by atoms with Crippen LogP contribution in [0.5, 0.6) is 0 Å². The minimum atomic E-state index is 0.107. The molecule has 2 N–H and O–H groups in total. The van der Waals surface area contributed by atoms with Gasteiger partial charge in [-0.15, -0.1) is 0 Å². The van der Waals surface area contributed by atoms with E-state index in [0.29, 0.717) is 18.4 Å². The maximum atomic E-state index is 12.1. The fourth-order valence-corrected chi connectivity index (χ4v) is 2.68. The first-order valence-electron chi connectivity index (χ1n) is 7.24. The molecule has 2 rings (SSSR count). The van der Waals surface area contributed by atoms with E-state index in [9.17, 15) is 4.79 Å². The Kier molecular flexibility index (Phi) is 4.97. The smallest absolute Gasteiger partial charge is 0.222 e. The Hall–Kier alpha value is -1.35. The normalized spacial score (nSPS) is 20.5. The number of nitrogens with one attached hydrogen (secondary N) is 2. The van der Waals surface area contributed by atoms with Crippen molar-refractivity contribution in [3.63, 3.8) is 0 Å². The molecule has 104 valence electrons. The Balaban J connectivity index is 1.95. The third-order valence-electron chi connectivity index (χ3n) is 3.74. The Bertz CT molecular complexity index is 396. The first kappa shape index (κ1) is 14.1. The molecule has 1 saturated heterocycles. The van der Waals surface area contributed by atoms with Crippen LogP contribution in [0.2, 0.25) is 0 Å². The van der Waals surface area contributed by atoms with Crippen LogP contribution in [0.3, 0.4) is 0 Å². The second-order valence-electron chi connectivity index (χ2n) is 5.70. The average Bonchev–Trinajstić information content (AvgIpc) is 2.89. The number of hydrogen-bond donors (Lipinski definition) is 2. The standard InChI is InChI=1S/C16H24N2O/c1-12(2)16(13-7-4-3-5-8-13)18-15(19)11-14-9-6-10-17-14/h3-5,7-8,12,14,16-17H,6,9-11H2,1-2H3,(H,18,19). The molecule has 2 unspecified atom stereocenters. The van der Waals surface area contributed by atoms with Crippen molar-refractivity contribution in [3.8, 4) is 0 Å². The van der Waals surface area contributed by atoms with Crippen LogP contribution >= 0.6 is 0 Å². The number of amides is 1. The topological polar surface area (TPSA) is 41.1 Å². The lowest BCUT2D eigenvalue weighted by Crippen LogP contribution is -2.36. The van der Waals surface area contributed by atoms with Gasteiger partial charge in [0.1, 0.15) is 0 Å². The van der Waals surface area contributed by atoms with E-state index in [4.69, 9.17) is 0 Å². The van der Waals surface area contributed by atoms with Gasteiger partial charge < -0.3 is 10.6 Å². The Morgan fingerprint density at radius 3 is 2.68 bits per heavy atom. The summed E-state index contributed by atoms with van der Waals surface area (Å²) in [5.41, 5.74) is 1.19. The fourth-order valence-electron chi connectivity index (χ4n) is 2.68. The van der Waals surface area contributed by atoms with E-state index in [-0.39, 0.29) is 11.9 Å². The molecule has 1 aliphatic rings. The van der Waals surface area contributed by atoms with Crippen molar-refractivity contribution in [3.05, 3.63) is 35.9 Å². The molecule has 0 bridgehead atoms. The highest BCUT2D eigenvalue weighted by Gasteiger charge is 2.22. The number of benzene rings is 1. The van der Waals surface area contributed by atoms with Gasteiger partial charge in [-0.1, -0.05) is 44.2 Å². The maximum Gasteiger partial charge on any atom is 0.222 e. The quantitative estimate of drug-likeness (QED) is 0.854. The van der Waals surface area contributed by atoms with Crippen LogP contribution in [0.4, 0.5) is 0 Å². The number of rotatable bonds is 5. The minimum absolute atomic E-state index is 0.107. The van der Waals surface area contributed by atoms with E-state index in [2.05, 4.69) is 36.6 Å². The van der Waals surface area contributed by atoms with Crippen molar-refractivity contribution < 1.29 is 4.79 Å². The first-order chi connectivity index (χ1) is 9.16. The second kappa shape index (κ2) is 6.71. The van der Waals surface area contributed by atoms with Crippen molar-refractivity contribution in [2.75, 3.05) is 6.54 Å². The van der Waals surface area contributed by atoms with Crippen molar-refractivity contribution in [2.24, 2.45) is 5.92 Å². The Morgan fingerprint density at radius 1 is 1.37 bits per heavy atom. The molecule has 2 atom stereocenters. The predicted octanol–water partition coefficient (Wildman–Crippen LogP) is 2.64. The van der Waals surface area contributed by atoms with Gasteiger partial charge in [-0.3, -0.25) is 4.79 Å². The molecule has 0 aromatic heterocycles. The van der Waals surface area contributed by atoms with E-state index in [1.54, 1.807) is 0 Å². The summed E-state index contributed by atoms with van der Waals surface area (Å²) >= 11 is 0. The van der Waals surface area contributed by atoms with E-state index < -0.39 is 0 Å². The fraction of sp³-hybridized carbons (Fsp3) is 0.562. The number of hydrogen-bond acceptors (Lipinski definition) is 2. The van der Waals surface area contributed by atoms with Crippen LogP contribution < -0.4 is 10.6 Å². The maximum absolute atomic E-state index is 12.1. The van der Waals surface area contributed by atoms with Crippen molar-refractivity contribution in [1.82, 2.24) is 10.6 Å². The molecule has 19 heavy (non-hydrogen) atoms. The summed E-state index contributed by atoms with van der Waals surface area (Å²) in [6.45, 7) is 5.34. The molecule has 1 aromatic rings. The van der Waals surface area contributed by atoms with Gasteiger partial charge in [0.2, 0.25) is 5.91 Å². The molecule has 1 heterocycles. The summed E-state index contributed by atoms with van der Waals surface area (Å²) in [5.74, 6) is 0.546. The van der Waals surface area contributed by atoms with Crippen LogP contribution in [0.15, 0.2) is 30.3 Å². The molecular weight excluding hydrogens is 236 g/mol. The lowest BCUT2D eigenvalue weighted by atomic mass is 9.95. The summed E-state index contributed by atoms with van der Waals surface area (Å²) in [6.07, 6.45) is 2.89. The molecule has 0 saturated carbocycles. The molecule has 1 aromatic carbocycles. The highest BCUT2D eigenvalue weighted by Crippen LogP contribution is 2.21. The van der Waals surface area contributed by atoms with Gasteiger partial charge in [-0.25, -0.2) is 0 Å². The summed E-state index contributed by atoms with van der Waals surface area (Å²) < 4.78 is 0. The molecule has 1 aliphatic heterocycles. The lowest BCUT2D eigenvalue weighted by molar-refractivity contribution is -0.122. The minimum Gasteiger partial charge on any atom is -0.349 e. The highest BCUT2D eigenvalue weighted by atomic mass is 16.1. The van der Waals surface area contributed by atoms with Crippen molar-refractivity contribution in [2.45, 2.75) is 45.2 Å². The van der Waals surface area contributed by atoms with Crippen molar-refractivity contribution in [1.29, 1.82) is 0 Å². The number of carbonyl (C=O) groups excluding carboxylic acids is 1. The van der Waals surface area contributed by atoms with Gasteiger partial charge in [0.05, 0.1) is 6.04 Å². The van der Waals surface area contributed by atoms with Gasteiger partial charge >= 0.3 is 0 Å². The molecule has 3 heteroatoms. The zero-order chi connectivity index (χ0) is 13.7. The van der Waals surface area contributed by atoms with Crippen LogP contribution in [0.25, 0.3) is 0 Å². The Labute approximate surface area is 115 Å². The molecule has 3 nitrogen and oxygen atoms in total. The zero-order valence-electron chi connectivity index (χ0n) is 11.9. The molecule has 0 aliphatic carbocycles. The molecular formula is C16H24N2O. The monoisotopic (exact) mass is 260 g/mol. The van der Waals surface area contributed by atoms with Crippen molar-refractivity contribution >= 4 is 5.91 Å². The summed E-state index contributed by atoms with van der Waals surface area (Å²) in [6, 6.07) is 10.7. The van der Waals surface area contributed by atoms with Gasteiger partial charge in [-0.2, -0.15) is 0 Å². The summed E-state index contributed by atoms with van der Waals surface area (Å²) in [5, 5.41) is 6.55. The van der Waals surface area contributed by atoms with Gasteiger partial charge in [0.25, 0.3) is 0 Å². The van der Waals surface area contributed by atoms with E-state index >= 15 is 0 Å². The SMILES string of the molecule is CC(C)C(NC(=O)CC1CCCN1)c1ccccc1. The third-order valence-corrected chi connectivity index (χ3v) is 3.74. The van der Waals surface area contributed by atoms with Crippen LogP contribution in [0.1, 0.15) is 44.7 Å². The molecule has 0 spiro atoms. The Morgan fingerprint density at radius 2 is 2.11 bits per heavy atom. The molecule has 0 radical (unpaired) electrons. The molecule has 1 amide bonds. The van der Waals surface area contributed by atoms with Crippen LogP contribution in [-0.2, 0) is 4.79 Å². The summed E-state index contributed by atoms with van der Waals surface area (Å²) in [7, 11) is 0. The van der Waals surface area contributed by atoms with Crippen LogP contribution in [0, 0.1) is 5.92 Å². The lowest BCUT2D eigenvalue weighted by Gasteiger charge is -2.23. The van der Waals surface area contributed by atoms with Gasteiger partial charge in [0.15, 0.2) is 0 Å². The summed E-state index contributed by atoms with van der Waals surface area (Å²) in [4.78, 5) is 12.1. The zero-order valence-corrected chi connectivity index (χ0v) is 11.9. The average molecular weight is 260 g/mol. The highest BCUT2D eigenvalue weighted by molar-refractivity contribution is 5.77. The van der Waals surface area contributed by atoms with Gasteiger partial charge in [-0.05, 0) is 30.9 Å². The van der Waals surface area contributed by atoms with Gasteiger partial charge in [0, 0.05) is 12.5 Å². The van der Waals surface area contributed by atoms with E-state index in [1.165, 1.54) is 12.0 Å². The first-order valence-corrected chi connectivity index (χ1v) is 7.24. The third kappa shape index (κ3) is 4.06. The van der Waals surface area contributed by atoms with E-state index in [0.717, 1.165) is 13.0 Å². The van der Waals surface area contributed by atoms with Crippen LogP contribution in [-0.4, -0.2) is 18.5 Å². The largest absolute Gasteiger partial charge is 0.349 e. The van der Waals surface area contributed by atoms with E-state index in [1.807, 2.05) is 18.2 Å². The molecule has 1 fully saturated rings. The second-order valence-corrected chi connectivity index (χ2v) is 5.70. The predicted molar refractivity (Wildman–Crippen MR) is 77.8 cm³/mol. The number of carbonyl (C=O) groups is 1.